The summed E-state index contributed by atoms with van der Waals surface area (Å²) in [5.74, 6) is -1.92. The summed E-state index contributed by atoms with van der Waals surface area (Å²) in [6, 6.07) is 7.48. The van der Waals surface area contributed by atoms with Crippen molar-refractivity contribution in [3.63, 3.8) is 0 Å². The van der Waals surface area contributed by atoms with Crippen LogP contribution in [0.3, 0.4) is 0 Å². The maximum absolute atomic E-state index is 14.3. The highest BCUT2D eigenvalue weighted by Gasteiger charge is 2.37. The van der Waals surface area contributed by atoms with Crippen LogP contribution in [-0.4, -0.2) is 85.1 Å². The molecule has 8 rings (SSSR count). The Morgan fingerprint density at radius 1 is 0.649 bits per heavy atom. The summed E-state index contributed by atoms with van der Waals surface area (Å²) in [5, 5.41) is 29.2. The van der Waals surface area contributed by atoms with Gasteiger partial charge < -0.3 is 19.3 Å². The number of ketones is 2. The highest BCUT2D eigenvalue weighted by Crippen LogP contribution is 2.36. The molecule has 0 radical (unpaired) electrons. The largest absolute Gasteiger partial charge is 0.496 e. The molecule has 0 bridgehead atoms. The number of benzene rings is 2. The third-order valence-corrected chi connectivity index (χ3v) is 15.7. The molecule has 0 aliphatic heterocycles. The molecule has 8 aromatic rings. The minimum Gasteiger partial charge on any atom is -0.496 e. The molecule has 0 saturated heterocycles. The van der Waals surface area contributed by atoms with Crippen LogP contribution in [0.4, 0.5) is 8.78 Å². The van der Waals surface area contributed by atoms with Crippen molar-refractivity contribution >= 4 is 60.6 Å². The van der Waals surface area contributed by atoms with Gasteiger partial charge in [0.15, 0.2) is 11.6 Å². The van der Waals surface area contributed by atoms with Gasteiger partial charge in [0, 0.05) is 42.0 Å². The maximum atomic E-state index is 14.3. The van der Waals surface area contributed by atoms with Crippen LogP contribution in [-0.2, 0) is 43.3 Å². The zero-order valence-corrected chi connectivity index (χ0v) is 45.9. The molecule has 2 aromatic carbocycles. The van der Waals surface area contributed by atoms with Gasteiger partial charge in [0.05, 0.1) is 62.9 Å². The number of aryl methyl sites for hydroxylation is 2. The Balaban J connectivity index is 0.000000224. The van der Waals surface area contributed by atoms with Gasteiger partial charge in [0.2, 0.25) is 0 Å². The molecule has 25 heteroatoms. The minimum absolute atomic E-state index is 0.142. The van der Waals surface area contributed by atoms with Crippen molar-refractivity contribution in [1.29, 1.82) is 0 Å². The van der Waals surface area contributed by atoms with Gasteiger partial charge in [-0.2, -0.15) is 20.4 Å². The lowest BCUT2D eigenvalue weighted by atomic mass is 9.95. The summed E-state index contributed by atoms with van der Waals surface area (Å²) in [7, 11) is 2.78. The van der Waals surface area contributed by atoms with Crippen LogP contribution in [0.15, 0.2) is 80.4 Å². The fourth-order valence-electron chi connectivity index (χ4n) is 9.07. The molecule has 0 aliphatic rings. The van der Waals surface area contributed by atoms with Crippen molar-refractivity contribution in [1.82, 2.24) is 48.3 Å². The number of halogens is 2. The summed E-state index contributed by atoms with van der Waals surface area (Å²) in [6.07, 6.45) is 4.85. The quantitative estimate of drug-likeness (QED) is 0.0821. The molecule has 0 spiro atoms. The zero-order chi connectivity index (χ0) is 56.4. The van der Waals surface area contributed by atoms with E-state index in [4.69, 9.17) is 14.2 Å². The van der Waals surface area contributed by atoms with Gasteiger partial charge in [-0.15, -0.1) is 9.59 Å². The van der Waals surface area contributed by atoms with E-state index < -0.39 is 63.4 Å². The number of aliphatic hydroxyl groups is 1. The van der Waals surface area contributed by atoms with E-state index in [1.54, 1.807) is 13.8 Å². The predicted molar refractivity (Wildman–Crippen MR) is 284 cm³/mol. The maximum Gasteiger partial charge on any atom is 0.333 e. The van der Waals surface area contributed by atoms with Crippen molar-refractivity contribution in [2.75, 3.05) is 14.2 Å². The van der Waals surface area contributed by atoms with Crippen molar-refractivity contribution in [3.05, 3.63) is 137 Å². The number of nitrogens with zero attached hydrogens (tertiary/aromatic N) is 10. The van der Waals surface area contributed by atoms with E-state index in [9.17, 15) is 47.4 Å². The Labute approximate surface area is 446 Å². The topological polar surface area (TPSA) is 249 Å². The van der Waals surface area contributed by atoms with Crippen molar-refractivity contribution in [2.45, 2.75) is 124 Å². The average molecular weight is 1100 g/mol. The first-order valence-corrected chi connectivity index (χ1v) is 26.0. The Morgan fingerprint density at radius 2 is 1.04 bits per heavy atom. The number of rotatable bonds is 19. The van der Waals surface area contributed by atoms with Gasteiger partial charge in [0.25, 0.3) is 11.1 Å². The molecule has 1 N–H and O–H groups in total. The number of methoxy groups -OCH3 is 2. The van der Waals surface area contributed by atoms with Crippen LogP contribution in [0.2, 0.25) is 0 Å². The molecule has 21 nitrogen and oxygen atoms in total. The van der Waals surface area contributed by atoms with E-state index in [-0.39, 0.29) is 80.6 Å². The third-order valence-electron chi connectivity index (χ3n) is 13.1. The molecule has 0 unspecified atom stereocenters. The number of aromatic nitrogens is 10. The molecule has 6 heterocycles. The van der Waals surface area contributed by atoms with E-state index >= 15 is 0 Å². The van der Waals surface area contributed by atoms with Crippen LogP contribution in [0.1, 0.15) is 109 Å². The molecule has 408 valence electrons. The van der Waals surface area contributed by atoms with Crippen molar-refractivity contribution in [3.8, 4) is 21.5 Å². The summed E-state index contributed by atoms with van der Waals surface area (Å²) in [5.41, 5.74) is -4.34. The lowest BCUT2D eigenvalue weighted by molar-refractivity contribution is -0.147. The normalized spacial score (nSPS) is 12.6. The first kappa shape index (κ1) is 56.9. The van der Waals surface area contributed by atoms with Gasteiger partial charge in [-0.1, -0.05) is 36.5 Å². The van der Waals surface area contributed by atoms with E-state index in [1.165, 1.54) is 117 Å². The molecule has 77 heavy (non-hydrogen) atoms. The van der Waals surface area contributed by atoms with E-state index in [0.29, 0.717) is 34.0 Å². The predicted octanol–water partition coefficient (Wildman–Crippen LogP) is 6.77. The van der Waals surface area contributed by atoms with Gasteiger partial charge in [-0.05, 0) is 90.8 Å². The monoisotopic (exact) mass is 1100 g/mol. The van der Waals surface area contributed by atoms with Crippen LogP contribution in [0, 0.1) is 25.5 Å². The molecule has 2 atom stereocenters. The molecule has 0 saturated carbocycles. The zero-order valence-electron chi connectivity index (χ0n) is 44.2. The van der Waals surface area contributed by atoms with Crippen LogP contribution in [0.5, 0.6) is 11.5 Å². The highest BCUT2D eigenvalue weighted by molar-refractivity contribution is 7.21. The number of carbonyl (C=O) groups excluding carboxylic acids is 3. The second kappa shape index (κ2) is 22.8. The fourth-order valence-corrected chi connectivity index (χ4v) is 11.5. The fraction of sp³-hybridized carbons (Fsp3) is 0.404. The Kier molecular flexibility index (Phi) is 16.9. The second-order valence-electron chi connectivity index (χ2n) is 19.0. The van der Waals surface area contributed by atoms with Gasteiger partial charge in [-0.25, -0.2) is 27.5 Å². The van der Waals surface area contributed by atoms with Crippen LogP contribution >= 0.6 is 22.7 Å². The first-order valence-electron chi connectivity index (χ1n) is 24.4. The smallest absolute Gasteiger partial charge is 0.333 e. The average Bonchev–Trinajstić information content (AvgIpc) is 4.32. The number of hydrogen-bond donors (Lipinski definition) is 1. The Bertz CT molecular complexity index is 3780. The second-order valence-corrected chi connectivity index (χ2v) is 20.9. The van der Waals surface area contributed by atoms with Crippen molar-refractivity contribution in [2.24, 2.45) is 0 Å². The summed E-state index contributed by atoms with van der Waals surface area (Å²) in [6.45, 7) is 13.8. The lowest BCUT2D eigenvalue weighted by Gasteiger charge is -2.27. The standard InChI is InChI=1S/C27H30FN5O6S.C25H28FN5O5S/c1-7-8-21(35)27(4,5)32-23(36)22-15(2)24(33-29-11-12-30-33)40-25(22)31(26(32)37)14-20(39-16(3)34)18-13-17(28)9-10-19(18)38-6;1-6-7-19(33)25(3,4)30-21(34)20-14(2)22(31-27-10-11-28-31)37-23(20)29(24(30)35)13-17(32)16-12-15(26)8-9-18(16)36-5/h9-13,20H,7-8,14H2,1-6H3;8-12,17,32H,6-7,13H2,1-5H3/t20-;17-/m10/s1. The summed E-state index contributed by atoms with van der Waals surface area (Å²) < 4.78 is 49.0. The van der Waals surface area contributed by atoms with E-state index in [2.05, 4.69) is 20.4 Å². The number of carbonyl (C=O) groups is 3. The van der Waals surface area contributed by atoms with E-state index in [0.717, 1.165) is 43.9 Å². The van der Waals surface area contributed by atoms with E-state index in [1.807, 2.05) is 13.8 Å². The number of aliphatic hydroxyl groups excluding tert-OH is 1. The van der Waals surface area contributed by atoms with Crippen molar-refractivity contribution < 1.29 is 42.5 Å². The molecule has 0 amide bonds. The minimum atomic E-state index is -1.48. The number of esters is 1. The van der Waals surface area contributed by atoms with Gasteiger partial charge in [-0.3, -0.25) is 33.1 Å². The lowest BCUT2D eigenvalue weighted by Crippen LogP contribution is -2.52. The summed E-state index contributed by atoms with van der Waals surface area (Å²) >= 11 is 2.21. The highest BCUT2D eigenvalue weighted by atomic mass is 32.1. The van der Waals surface area contributed by atoms with Crippen LogP contribution < -0.4 is 32.0 Å². The number of ether oxygens (including phenoxy) is 3. The van der Waals surface area contributed by atoms with Crippen LogP contribution in [0.25, 0.3) is 30.4 Å². The Hall–Kier alpha value is -7.77. The number of Topliss-reactive ketones (excluding diaryl/α,β-unsaturated/α-hetero) is 2. The number of thiophene rings is 2. The third kappa shape index (κ3) is 10.8. The van der Waals surface area contributed by atoms with Gasteiger partial charge >= 0.3 is 17.3 Å². The first-order chi connectivity index (χ1) is 36.4. The molecular weight excluding hydrogens is 1040 g/mol. The molecule has 6 aromatic heterocycles. The van der Waals surface area contributed by atoms with Gasteiger partial charge in [0.1, 0.15) is 66.1 Å². The molecule has 0 fully saturated rings. The SMILES string of the molecule is CCCC(=O)C(C)(C)n1c(=O)c2c(C)c(-n3nccn3)sc2n(C[C@@H](OC(C)=O)c2cc(F)ccc2OC)c1=O.CCCC(=O)C(C)(C)n1c(=O)c2c(C)c(-n3nccn3)sc2n(C[C@H](O)c2cc(F)ccc2OC)c1=O. The summed E-state index contributed by atoms with van der Waals surface area (Å²) in [4.78, 5) is 97.3. The Morgan fingerprint density at radius 3 is 1.43 bits per heavy atom. The molecule has 0 aliphatic carbocycles. The number of fused-ring (bicyclic) bond motifs is 2. The number of hydrogen-bond acceptors (Lipinski definition) is 17. The molecular formula is C52H58F2N10O11S2.